The molecule has 1 aliphatic carbocycles. The minimum Gasteiger partial charge on any atom is -0.478 e. The van der Waals surface area contributed by atoms with Gasteiger partial charge in [-0.3, -0.25) is 4.79 Å². The van der Waals surface area contributed by atoms with E-state index in [1.807, 2.05) is 22.9 Å². The van der Waals surface area contributed by atoms with E-state index < -0.39 is 11.5 Å². The molecular formula is C34H25FN4O3. The van der Waals surface area contributed by atoms with E-state index >= 15 is 0 Å². The monoisotopic (exact) mass is 556 g/mol. The lowest BCUT2D eigenvalue weighted by molar-refractivity contribution is 0.0696. The van der Waals surface area contributed by atoms with E-state index in [1.54, 1.807) is 30.3 Å². The molecule has 6 aromatic rings. The maximum atomic E-state index is 14.1. The van der Waals surface area contributed by atoms with Gasteiger partial charge in [0.2, 0.25) is 0 Å². The average molecular weight is 557 g/mol. The summed E-state index contributed by atoms with van der Waals surface area (Å²) in [5.41, 5.74) is 4.42. The number of nitrogens with zero attached hydrogens (tertiary/aromatic N) is 3. The zero-order valence-electron chi connectivity index (χ0n) is 22.4. The van der Waals surface area contributed by atoms with Crippen LogP contribution in [0.25, 0.3) is 32.9 Å². The van der Waals surface area contributed by atoms with E-state index in [2.05, 4.69) is 46.0 Å². The third-order valence-corrected chi connectivity index (χ3v) is 8.02. The quantitative estimate of drug-likeness (QED) is 0.232. The average Bonchev–Trinajstić information content (AvgIpc) is 3.71. The number of carbonyl (C=O) groups excluding carboxylic acids is 1. The fourth-order valence-corrected chi connectivity index (χ4v) is 5.63. The maximum absolute atomic E-state index is 14.1. The highest BCUT2D eigenvalue weighted by Gasteiger charge is 2.49. The van der Waals surface area contributed by atoms with Crippen LogP contribution >= 0.6 is 0 Å². The number of aromatic carboxylic acids is 1. The number of carboxylic acids is 1. The third kappa shape index (κ3) is 4.47. The fourth-order valence-electron chi connectivity index (χ4n) is 5.63. The summed E-state index contributed by atoms with van der Waals surface area (Å²) in [7, 11) is 0. The van der Waals surface area contributed by atoms with Gasteiger partial charge >= 0.3 is 5.97 Å². The molecule has 0 radical (unpaired) electrons. The van der Waals surface area contributed by atoms with E-state index in [-0.39, 0.29) is 23.8 Å². The van der Waals surface area contributed by atoms with Gasteiger partial charge in [0.25, 0.3) is 5.91 Å². The molecule has 8 heteroatoms. The molecule has 1 aliphatic rings. The van der Waals surface area contributed by atoms with E-state index in [9.17, 15) is 19.1 Å². The molecule has 1 fully saturated rings. The smallest absolute Gasteiger partial charge is 0.335 e. The zero-order valence-corrected chi connectivity index (χ0v) is 22.4. The van der Waals surface area contributed by atoms with Gasteiger partial charge in [-0.15, -0.1) is 5.10 Å². The number of fused-ring (bicyclic) bond motifs is 2. The first-order valence-electron chi connectivity index (χ1n) is 13.7. The van der Waals surface area contributed by atoms with Crippen molar-refractivity contribution in [2.45, 2.75) is 24.9 Å². The van der Waals surface area contributed by atoms with Gasteiger partial charge in [0, 0.05) is 6.54 Å². The minimum absolute atomic E-state index is 0.174. The van der Waals surface area contributed by atoms with Crippen LogP contribution in [0.15, 0.2) is 103 Å². The third-order valence-electron chi connectivity index (χ3n) is 8.02. The van der Waals surface area contributed by atoms with Gasteiger partial charge in [-0.05, 0) is 88.3 Å². The lowest BCUT2D eigenvalue weighted by Gasteiger charge is -2.19. The first-order valence-corrected chi connectivity index (χ1v) is 13.7. The van der Waals surface area contributed by atoms with Crippen LogP contribution in [0.3, 0.4) is 0 Å². The van der Waals surface area contributed by atoms with Crippen LogP contribution in [0.4, 0.5) is 4.39 Å². The summed E-state index contributed by atoms with van der Waals surface area (Å²) < 4.78 is 16.0. The van der Waals surface area contributed by atoms with Crippen molar-refractivity contribution in [3.8, 4) is 11.1 Å². The van der Waals surface area contributed by atoms with Crippen LogP contribution in [0.2, 0.25) is 0 Å². The number of aromatic nitrogens is 3. The predicted octanol–water partition coefficient (Wildman–Crippen LogP) is 6.56. The summed E-state index contributed by atoms with van der Waals surface area (Å²) in [5.74, 6) is -1.72. The topological polar surface area (TPSA) is 97.1 Å². The highest BCUT2D eigenvalue weighted by atomic mass is 19.1. The second-order valence-electron chi connectivity index (χ2n) is 10.7. The van der Waals surface area contributed by atoms with Crippen molar-refractivity contribution >= 4 is 33.7 Å². The van der Waals surface area contributed by atoms with Crippen molar-refractivity contribution in [2.24, 2.45) is 0 Å². The highest BCUT2D eigenvalue weighted by molar-refractivity contribution is 6.06. The molecule has 206 valence electrons. The van der Waals surface area contributed by atoms with Gasteiger partial charge in [-0.2, -0.15) is 0 Å². The lowest BCUT2D eigenvalue weighted by atomic mass is 9.98. The molecule has 1 amide bonds. The number of hydrogen-bond acceptors (Lipinski definition) is 4. The Morgan fingerprint density at radius 3 is 2.38 bits per heavy atom. The largest absolute Gasteiger partial charge is 0.478 e. The van der Waals surface area contributed by atoms with E-state index in [1.165, 1.54) is 24.3 Å². The maximum Gasteiger partial charge on any atom is 0.335 e. The molecule has 1 heterocycles. The van der Waals surface area contributed by atoms with Crippen molar-refractivity contribution < 1.29 is 19.1 Å². The Bertz CT molecular complexity index is 2010. The molecule has 0 atom stereocenters. The van der Waals surface area contributed by atoms with Crippen molar-refractivity contribution in [1.82, 2.24) is 20.3 Å². The Morgan fingerprint density at radius 1 is 0.857 bits per heavy atom. The molecule has 5 aromatic carbocycles. The van der Waals surface area contributed by atoms with Crippen LogP contribution in [0.5, 0.6) is 0 Å². The van der Waals surface area contributed by atoms with E-state index in [4.69, 9.17) is 0 Å². The molecule has 7 nitrogen and oxygen atoms in total. The van der Waals surface area contributed by atoms with Crippen LogP contribution in [-0.4, -0.2) is 32.0 Å². The van der Waals surface area contributed by atoms with Crippen LogP contribution in [0.1, 0.15) is 44.7 Å². The normalized spacial score (nSPS) is 13.7. The van der Waals surface area contributed by atoms with E-state index in [0.29, 0.717) is 27.7 Å². The first-order chi connectivity index (χ1) is 20.4. The van der Waals surface area contributed by atoms with Gasteiger partial charge in [0.15, 0.2) is 0 Å². The van der Waals surface area contributed by atoms with Crippen molar-refractivity contribution in [1.29, 1.82) is 0 Å². The molecule has 0 unspecified atom stereocenters. The fraction of sp³-hybridized carbons (Fsp3) is 0.118. The molecule has 1 aromatic heterocycles. The number of amides is 1. The Kier molecular flexibility index (Phi) is 6.04. The van der Waals surface area contributed by atoms with Crippen LogP contribution < -0.4 is 5.32 Å². The number of benzene rings is 5. The molecule has 7 rings (SSSR count). The predicted molar refractivity (Wildman–Crippen MR) is 158 cm³/mol. The highest BCUT2D eigenvalue weighted by Crippen LogP contribution is 2.51. The van der Waals surface area contributed by atoms with Crippen LogP contribution in [0, 0.1) is 5.82 Å². The van der Waals surface area contributed by atoms with Crippen molar-refractivity contribution in [3.05, 3.63) is 131 Å². The number of carbonyl (C=O) groups is 2. The summed E-state index contributed by atoms with van der Waals surface area (Å²) in [6.07, 6.45) is 1.71. The summed E-state index contributed by atoms with van der Waals surface area (Å²) in [6, 6.07) is 30.8. The van der Waals surface area contributed by atoms with Gasteiger partial charge in [-0.1, -0.05) is 65.9 Å². The van der Waals surface area contributed by atoms with Crippen molar-refractivity contribution in [2.75, 3.05) is 0 Å². The van der Waals surface area contributed by atoms with Gasteiger partial charge in [0.1, 0.15) is 16.9 Å². The second kappa shape index (κ2) is 9.92. The van der Waals surface area contributed by atoms with Gasteiger partial charge in [0.05, 0.1) is 16.7 Å². The molecule has 0 bridgehead atoms. The SMILES string of the molecule is O=C(O)c1ccc(CNC(=O)c2cc(-c3cccc(F)c3)cc3nnn(C4(c5ccc6ccccc6c5)CC4)c23)cc1. The Labute approximate surface area is 240 Å². The lowest BCUT2D eigenvalue weighted by Crippen LogP contribution is -2.26. The number of halogens is 1. The minimum atomic E-state index is -1.01. The molecular weight excluding hydrogens is 531 g/mol. The molecule has 2 N–H and O–H groups in total. The van der Waals surface area contributed by atoms with E-state index in [0.717, 1.165) is 34.7 Å². The Balaban J connectivity index is 1.32. The number of rotatable bonds is 7. The molecule has 42 heavy (non-hydrogen) atoms. The Hall–Kier alpha value is -5.37. The summed E-state index contributed by atoms with van der Waals surface area (Å²) >= 11 is 0. The number of carboxylic acid groups (broad SMARTS) is 1. The van der Waals surface area contributed by atoms with Crippen LogP contribution in [-0.2, 0) is 12.1 Å². The van der Waals surface area contributed by atoms with Gasteiger partial charge in [-0.25, -0.2) is 13.9 Å². The summed E-state index contributed by atoms with van der Waals surface area (Å²) in [5, 5.41) is 23.5. The molecule has 1 saturated carbocycles. The summed E-state index contributed by atoms with van der Waals surface area (Å²) in [6.45, 7) is 0.196. The number of hydrogen-bond donors (Lipinski definition) is 2. The second-order valence-corrected chi connectivity index (χ2v) is 10.7. The standard InChI is InChI=1S/C34H25FN4O3/c35-28-7-3-6-25(17-28)26-18-29(32(40)36-20-21-8-10-23(11-9-21)33(41)42)31-30(19-26)37-38-39(31)34(14-15-34)27-13-12-22-4-1-2-5-24(22)16-27/h1-13,16-19H,14-15,20H2,(H,36,40)(H,41,42). The number of nitrogens with one attached hydrogen (secondary N) is 1. The summed E-state index contributed by atoms with van der Waals surface area (Å²) in [4.78, 5) is 25.0. The molecule has 0 aliphatic heterocycles. The first kappa shape index (κ1) is 25.6. The zero-order chi connectivity index (χ0) is 28.8. The Morgan fingerprint density at radius 2 is 1.64 bits per heavy atom. The molecule has 0 spiro atoms. The van der Waals surface area contributed by atoms with Gasteiger partial charge < -0.3 is 10.4 Å². The molecule has 0 saturated heterocycles. The van der Waals surface area contributed by atoms with Crippen molar-refractivity contribution in [3.63, 3.8) is 0 Å².